The Bertz CT molecular complexity index is 1440. The number of fused-ring (bicyclic) bond motifs is 7. The van der Waals surface area contributed by atoms with E-state index in [1.54, 1.807) is 23.0 Å². The highest BCUT2D eigenvalue weighted by molar-refractivity contribution is 6.19. The molecule has 1 fully saturated rings. The molecule has 5 heterocycles. The molecule has 0 aliphatic carbocycles. The van der Waals surface area contributed by atoms with Crippen LogP contribution in [0.3, 0.4) is 0 Å². The van der Waals surface area contributed by atoms with Crippen LogP contribution in [0.25, 0.3) is 11.3 Å². The van der Waals surface area contributed by atoms with E-state index >= 15 is 0 Å². The number of carbonyl (C=O) groups excluding carboxylic acids is 1. The lowest BCUT2D eigenvalue weighted by Crippen LogP contribution is -2.44. The molecule has 0 unspecified atom stereocenters. The van der Waals surface area contributed by atoms with Gasteiger partial charge in [-0.1, -0.05) is 13.3 Å². The highest BCUT2D eigenvalue weighted by atomic mass is 16.5. The molecule has 0 saturated carbocycles. The summed E-state index contributed by atoms with van der Waals surface area (Å²) in [4.78, 5) is 30.0. The van der Waals surface area contributed by atoms with Crippen LogP contribution in [0.15, 0.2) is 41.5 Å². The zero-order valence-corrected chi connectivity index (χ0v) is 23.9. The van der Waals surface area contributed by atoms with E-state index in [4.69, 9.17) is 9.72 Å². The van der Waals surface area contributed by atoms with Crippen LogP contribution in [0.4, 0.5) is 17.1 Å². The van der Waals surface area contributed by atoms with Crippen molar-refractivity contribution in [3.05, 3.63) is 47.8 Å². The first-order chi connectivity index (χ1) is 19.4. The SMILES string of the molecule is CC[C@@H]1CCCOc2c(cnn2C)-c2cc(cc(C)n2)C(=O)/N=C2\Nc3ccc(N4CCN(C)CC4)cc3N2C1. The van der Waals surface area contributed by atoms with E-state index < -0.39 is 0 Å². The number of likely N-dealkylation sites (N-methyl/N-ethyl adjacent to an activating group) is 1. The number of guanidine groups is 1. The van der Waals surface area contributed by atoms with Gasteiger partial charge in [0.15, 0.2) is 0 Å². The maximum absolute atomic E-state index is 13.6. The molecule has 3 aromatic rings. The molecule has 2 aromatic heterocycles. The van der Waals surface area contributed by atoms with Crippen molar-refractivity contribution >= 4 is 28.9 Å². The normalized spacial score (nSPS) is 21.2. The van der Waals surface area contributed by atoms with Gasteiger partial charge in [-0.15, -0.1) is 0 Å². The van der Waals surface area contributed by atoms with Crippen molar-refractivity contribution in [3.63, 3.8) is 0 Å². The molecule has 3 aliphatic heterocycles. The highest BCUT2D eigenvalue weighted by Crippen LogP contribution is 2.38. The first kappa shape index (κ1) is 26.3. The predicted octanol–water partition coefficient (Wildman–Crippen LogP) is 4.17. The molecule has 0 spiro atoms. The van der Waals surface area contributed by atoms with Crippen molar-refractivity contribution < 1.29 is 9.53 Å². The number of ether oxygens (including phenoxy) is 1. The molecule has 0 radical (unpaired) electrons. The van der Waals surface area contributed by atoms with Crippen LogP contribution >= 0.6 is 0 Å². The van der Waals surface area contributed by atoms with Crippen LogP contribution in [0, 0.1) is 12.8 Å². The molecule has 3 aliphatic rings. The highest BCUT2D eigenvalue weighted by Gasteiger charge is 2.30. The number of piperazine rings is 1. The van der Waals surface area contributed by atoms with Crippen LogP contribution in [-0.2, 0) is 7.05 Å². The minimum atomic E-state index is -0.305. The number of aryl methyl sites for hydroxylation is 2. The minimum Gasteiger partial charge on any atom is -0.477 e. The molecular weight excluding hydrogens is 504 g/mol. The Hall–Kier alpha value is -3.92. The van der Waals surface area contributed by atoms with Gasteiger partial charge in [0.05, 0.1) is 35.4 Å². The molecule has 10 heteroatoms. The molecule has 40 heavy (non-hydrogen) atoms. The Kier molecular flexibility index (Phi) is 7.18. The van der Waals surface area contributed by atoms with Gasteiger partial charge >= 0.3 is 0 Å². The molecular formula is C30H38N8O2. The smallest absolute Gasteiger partial charge is 0.280 e. The van der Waals surface area contributed by atoms with Gasteiger partial charge < -0.3 is 24.8 Å². The van der Waals surface area contributed by atoms with E-state index in [1.807, 2.05) is 14.0 Å². The van der Waals surface area contributed by atoms with E-state index in [2.05, 4.69) is 62.3 Å². The van der Waals surface area contributed by atoms with E-state index in [0.29, 0.717) is 35.6 Å². The Morgan fingerprint density at radius 3 is 2.73 bits per heavy atom. The number of benzene rings is 1. The Morgan fingerprint density at radius 1 is 1.10 bits per heavy atom. The summed E-state index contributed by atoms with van der Waals surface area (Å²) in [5.74, 6) is 1.35. The minimum absolute atomic E-state index is 0.305. The number of pyridine rings is 1. The number of anilines is 3. The molecule has 1 atom stereocenters. The monoisotopic (exact) mass is 542 g/mol. The zero-order chi connectivity index (χ0) is 27.8. The molecule has 10 nitrogen and oxygen atoms in total. The van der Waals surface area contributed by atoms with Crippen LogP contribution < -0.4 is 19.9 Å². The van der Waals surface area contributed by atoms with Gasteiger partial charge in [0.2, 0.25) is 11.8 Å². The van der Waals surface area contributed by atoms with Gasteiger partial charge in [-0.25, -0.2) is 4.68 Å². The summed E-state index contributed by atoms with van der Waals surface area (Å²) < 4.78 is 7.96. The third kappa shape index (κ3) is 5.15. The van der Waals surface area contributed by atoms with Gasteiger partial charge in [0, 0.05) is 56.7 Å². The Morgan fingerprint density at radius 2 is 1.93 bits per heavy atom. The third-order valence-electron chi connectivity index (χ3n) is 8.22. The third-order valence-corrected chi connectivity index (χ3v) is 8.22. The fourth-order valence-corrected chi connectivity index (χ4v) is 5.77. The predicted molar refractivity (Wildman–Crippen MR) is 159 cm³/mol. The van der Waals surface area contributed by atoms with E-state index in [-0.39, 0.29) is 5.91 Å². The summed E-state index contributed by atoms with van der Waals surface area (Å²) in [6, 6.07) is 10.1. The average Bonchev–Trinajstić information content (AvgIpc) is 3.48. The van der Waals surface area contributed by atoms with Gasteiger partial charge in [-0.3, -0.25) is 9.78 Å². The lowest BCUT2D eigenvalue weighted by molar-refractivity contribution is 0.100. The van der Waals surface area contributed by atoms with Crippen molar-refractivity contribution in [3.8, 4) is 17.1 Å². The van der Waals surface area contributed by atoms with E-state index in [1.165, 1.54) is 5.69 Å². The van der Waals surface area contributed by atoms with Gasteiger partial charge in [0.1, 0.15) is 0 Å². The fourth-order valence-electron chi connectivity index (χ4n) is 5.77. The average molecular weight is 543 g/mol. The van der Waals surface area contributed by atoms with E-state index in [0.717, 1.165) is 74.6 Å². The lowest BCUT2D eigenvalue weighted by atomic mass is 9.99. The molecule has 6 rings (SSSR count). The number of nitrogens with one attached hydrogen (secondary N) is 1. The molecule has 2 bridgehead atoms. The maximum Gasteiger partial charge on any atom is 0.280 e. The van der Waals surface area contributed by atoms with Crippen LogP contribution in [0.5, 0.6) is 5.88 Å². The number of aromatic nitrogens is 3. The number of hydrogen-bond acceptors (Lipinski definition) is 8. The van der Waals surface area contributed by atoms with E-state index in [9.17, 15) is 4.79 Å². The first-order valence-electron chi connectivity index (χ1n) is 14.3. The molecule has 1 aromatic carbocycles. The second-order valence-corrected chi connectivity index (χ2v) is 11.1. The number of carbonyl (C=O) groups is 1. The largest absolute Gasteiger partial charge is 0.477 e. The Labute approximate surface area is 235 Å². The van der Waals surface area contributed by atoms with Crippen molar-refractivity contribution in [1.29, 1.82) is 0 Å². The summed E-state index contributed by atoms with van der Waals surface area (Å²) in [6.07, 6.45) is 4.68. The van der Waals surface area contributed by atoms with Crippen molar-refractivity contribution in [2.75, 3.05) is 61.5 Å². The second-order valence-electron chi connectivity index (χ2n) is 11.1. The van der Waals surface area contributed by atoms with Crippen molar-refractivity contribution in [2.24, 2.45) is 18.0 Å². The maximum atomic E-state index is 13.6. The van der Waals surface area contributed by atoms with Crippen molar-refractivity contribution in [1.82, 2.24) is 19.7 Å². The number of nitrogens with zero attached hydrogens (tertiary/aromatic N) is 7. The standard InChI is InChI=1S/C30H38N8O2/c1-5-21-7-6-14-40-29-24(18-31-36(29)4)26-16-22(15-20(2)32-26)28(39)34-30-33-25-9-8-23(17-27(25)38(30)19-21)37-12-10-35(3)11-13-37/h8-9,15-18,21H,5-7,10-14,19H2,1-4H3,(H,33,34,39)/t21-/m1/s1. The number of rotatable bonds is 2. The Balaban J connectivity index is 1.39. The fraction of sp³-hybridized carbons (Fsp3) is 0.467. The molecule has 1 amide bonds. The van der Waals surface area contributed by atoms with Crippen LogP contribution in [-0.4, -0.2) is 77.9 Å². The topological polar surface area (TPSA) is 91.1 Å². The summed E-state index contributed by atoms with van der Waals surface area (Å²) in [5.41, 5.74) is 5.93. The summed E-state index contributed by atoms with van der Waals surface area (Å²) in [7, 11) is 4.04. The first-order valence-corrected chi connectivity index (χ1v) is 14.3. The van der Waals surface area contributed by atoms with Crippen LogP contribution in [0.2, 0.25) is 0 Å². The van der Waals surface area contributed by atoms with Gasteiger partial charge in [0.25, 0.3) is 5.91 Å². The zero-order valence-electron chi connectivity index (χ0n) is 23.9. The number of aliphatic imine (C=N–C) groups is 1. The second kappa shape index (κ2) is 10.9. The lowest BCUT2D eigenvalue weighted by Gasteiger charge is -2.34. The molecule has 210 valence electrons. The summed E-state index contributed by atoms with van der Waals surface area (Å²) in [6.45, 7) is 9.58. The van der Waals surface area contributed by atoms with Gasteiger partial charge in [-0.2, -0.15) is 10.1 Å². The summed E-state index contributed by atoms with van der Waals surface area (Å²) >= 11 is 0. The van der Waals surface area contributed by atoms with Crippen molar-refractivity contribution in [2.45, 2.75) is 33.1 Å². The van der Waals surface area contributed by atoms with Crippen LogP contribution in [0.1, 0.15) is 42.2 Å². The number of hydrogen-bond donors (Lipinski definition) is 1. The number of amides is 1. The molecule has 1 saturated heterocycles. The molecule has 1 N–H and O–H groups in total. The summed E-state index contributed by atoms with van der Waals surface area (Å²) in [5, 5.41) is 7.86. The quantitative estimate of drug-likeness (QED) is 0.516. The van der Waals surface area contributed by atoms with Gasteiger partial charge in [-0.05, 0) is 63.1 Å².